The van der Waals surface area contributed by atoms with Crippen molar-refractivity contribution in [2.75, 3.05) is 13.7 Å². The van der Waals surface area contributed by atoms with Crippen LogP contribution in [0, 0.1) is 5.41 Å². The van der Waals surface area contributed by atoms with Gasteiger partial charge in [-0.05, 0) is 50.5 Å². The molecule has 2 N–H and O–H groups in total. The van der Waals surface area contributed by atoms with Crippen molar-refractivity contribution in [1.29, 1.82) is 0 Å². The summed E-state index contributed by atoms with van der Waals surface area (Å²) in [6, 6.07) is 14.2. The van der Waals surface area contributed by atoms with E-state index < -0.39 is 5.41 Å². The molecule has 1 amide bonds. The van der Waals surface area contributed by atoms with Gasteiger partial charge in [0.15, 0.2) is 11.5 Å². The van der Waals surface area contributed by atoms with E-state index in [-0.39, 0.29) is 36.7 Å². The van der Waals surface area contributed by atoms with Crippen molar-refractivity contribution in [3.05, 3.63) is 59.7 Å². The van der Waals surface area contributed by atoms with Crippen LogP contribution in [0.1, 0.15) is 31.9 Å². The third kappa shape index (κ3) is 7.14. The SMILES string of the molecule is COc1cc(CC(=O)N[C@@H](COC(=O)C(C)(C)C)Cc2ccccc2)ccc1O. The minimum atomic E-state index is -0.607. The summed E-state index contributed by atoms with van der Waals surface area (Å²) in [6.45, 7) is 5.46. The summed E-state index contributed by atoms with van der Waals surface area (Å²) in [5, 5.41) is 12.6. The molecule has 0 fully saturated rings. The van der Waals surface area contributed by atoms with Crippen LogP contribution >= 0.6 is 0 Å². The fourth-order valence-electron chi connectivity index (χ4n) is 2.74. The lowest BCUT2D eigenvalue weighted by atomic mass is 9.97. The zero-order valence-corrected chi connectivity index (χ0v) is 17.4. The van der Waals surface area contributed by atoms with Gasteiger partial charge >= 0.3 is 5.97 Å². The monoisotopic (exact) mass is 399 g/mol. The molecule has 0 aliphatic rings. The van der Waals surface area contributed by atoms with Gasteiger partial charge in [0.2, 0.25) is 5.91 Å². The van der Waals surface area contributed by atoms with Crippen LogP contribution < -0.4 is 10.1 Å². The van der Waals surface area contributed by atoms with E-state index in [1.807, 2.05) is 30.3 Å². The van der Waals surface area contributed by atoms with Crippen molar-refractivity contribution in [1.82, 2.24) is 5.32 Å². The lowest BCUT2D eigenvalue weighted by Crippen LogP contribution is -2.42. The van der Waals surface area contributed by atoms with E-state index in [0.29, 0.717) is 17.7 Å². The topological polar surface area (TPSA) is 84.9 Å². The summed E-state index contributed by atoms with van der Waals surface area (Å²) in [7, 11) is 1.46. The van der Waals surface area contributed by atoms with Crippen molar-refractivity contribution in [2.24, 2.45) is 5.41 Å². The number of ether oxygens (including phenoxy) is 2. The molecular formula is C23H29NO5. The summed E-state index contributed by atoms with van der Waals surface area (Å²) in [5.74, 6) is -0.179. The summed E-state index contributed by atoms with van der Waals surface area (Å²) in [4.78, 5) is 24.7. The Morgan fingerprint density at radius 1 is 1.07 bits per heavy atom. The van der Waals surface area contributed by atoms with Gasteiger partial charge < -0.3 is 19.9 Å². The maximum atomic E-state index is 12.6. The number of rotatable bonds is 8. The molecule has 0 bridgehead atoms. The minimum Gasteiger partial charge on any atom is -0.504 e. The smallest absolute Gasteiger partial charge is 0.311 e. The van der Waals surface area contributed by atoms with E-state index in [4.69, 9.17) is 9.47 Å². The molecule has 2 aromatic rings. The number of esters is 1. The number of nitrogens with one attached hydrogen (secondary N) is 1. The molecule has 0 aliphatic carbocycles. The fourth-order valence-corrected chi connectivity index (χ4v) is 2.74. The van der Waals surface area contributed by atoms with E-state index in [0.717, 1.165) is 5.56 Å². The summed E-state index contributed by atoms with van der Waals surface area (Å²) >= 11 is 0. The van der Waals surface area contributed by atoms with Crippen LogP contribution in [-0.2, 0) is 27.2 Å². The number of benzene rings is 2. The second kappa shape index (κ2) is 9.96. The number of carbonyl (C=O) groups excluding carboxylic acids is 2. The Balaban J connectivity index is 2.05. The number of aromatic hydroxyl groups is 1. The van der Waals surface area contributed by atoms with Gasteiger partial charge in [-0.2, -0.15) is 0 Å². The molecule has 0 aromatic heterocycles. The molecule has 2 rings (SSSR count). The molecule has 156 valence electrons. The van der Waals surface area contributed by atoms with Crippen LogP contribution in [0.15, 0.2) is 48.5 Å². The zero-order chi connectivity index (χ0) is 21.4. The first kappa shape index (κ1) is 22.3. The molecule has 0 unspecified atom stereocenters. The lowest BCUT2D eigenvalue weighted by Gasteiger charge is -2.22. The lowest BCUT2D eigenvalue weighted by molar-refractivity contribution is -0.154. The normalized spacial score (nSPS) is 12.1. The van der Waals surface area contributed by atoms with Crippen molar-refractivity contribution < 1.29 is 24.2 Å². The molecule has 0 aliphatic heterocycles. The Morgan fingerprint density at radius 2 is 1.76 bits per heavy atom. The summed E-state index contributed by atoms with van der Waals surface area (Å²) in [6.07, 6.45) is 0.665. The molecule has 0 spiro atoms. The Morgan fingerprint density at radius 3 is 2.38 bits per heavy atom. The highest BCUT2D eigenvalue weighted by Gasteiger charge is 2.25. The molecule has 0 heterocycles. The van der Waals surface area contributed by atoms with Gasteiger partial charge in [-0.3, -0.25) is 9.59 Å². The molecule has 1 atom stereocenters. The maximum Gasteiger partial charge on any atom is 0.311 e. The highest BCUT2D eigenvalue weighted by Crippen LogP contribution is 2.26. The first-order valence-electron chi connectivity index (χ1n) is 9.55. The van der Waals surface area contributed by atoms with Crippen molar-refractivity contribution in [3.63, 3.8) is 0 Å². The number of hydrogen-bond donors (Lipinski definition) is 2. The molecule has 6 heteroatoms. The summed E-state index contributed by atoms with van der Waals surface area (Å²) in [5.41, 5.74) is 1.14. The maximum absolute atomic E-state index is 12.6. The first-order valence-corrected chi connectivity index (χ1v) is 9.55. The van der Waals surface area contributed by atoms with E-state index in [1.54, 1.807) is 32.9 Å². The van der Waals surface area contributed by atoms with E-state index in [2.05, 4.69) is 5.32 Å². The summed E-state index contributed by atoms with van der Waals surface area (Å²) < 4.78 is 10.5. The Labute approximate surface area is 171 Å². The van der Waals surface area contributed by atoms with Gasteiger partial charge in [-0.25, -0.2) is 0 Å². The number of phenolic OH excluding ortho intramolecular Hbond substituents is 1. The minimum absolute atomic E-state index is 0.0210. The molecule has 29 heavy (non-hydrogen) atoms. The van der Waals surface area contributed by atoms with Crippen molar-refractivity contribution in [3.8, 4) is 11.5 Å². The van der Waals surface area contributed by atoms with Crippen molar-refractivity contribution >= 4 is 11.9 Å². The average molecular weight is 399 g/mol. The van der Waals surface area contributed by atoms with Gasteiger partial charge in [0.1, 0.15) is 6.61 Å². The second-order valence-electron chi connectivity index (χ2n) is 7.99. The fraction of sp³-hybridized carbons (Fsp3) is 0.391. The van der Waals surface area contributed by atoms with Crippen LogP contribution in [0.3, 0.4) is 0 Å². The van der Waals surface area contributed by atoms with Gasteiger partial charge in [0.25, 0.3) is 0 Å². The van der Waals surface area contributed by atoms with E-state index >= 15 is 0 Å². The first-order chi connectivity index (χ1) is 13.7. The molecule has 0 saturated carbocycles. The Kier molecular flexibility index (Phi) is 7.65. The highest BCUT2D eigenvalue weighted by atomic mass is 16.5. The second-order valence-corrected chi connectivity index (χ2v) is 7.99. The predicted octanol–water partition coefficient (Wildman–Crippen LogP) is 3.26. The molecule has 0 radical (unpaired) electrons. The van der Waals surface area contributed by atoms with Crippen LogP contribution in [0.5, 0.6) is 11.5 Å². The standard InChI is InChI=1S/C23H29NO5/c1-23(2,3)22(27)29-15-18(12-16-8-6-5-7-9-16)24-21(26)14-17-10-11-19(25)20(13-17)28-4/h5-11,13,18,25H,12,14-15H2,1-4H3,(H,24,26)/t18-/m1/s1. The van der Waals surface area contributed by atoms with Crippen molar-refractivity contribution in [2.45, 2.75) is 39.7 Å². The number of amides is 1. The van der Waals surface area contributed by atoms with E-state index in [1.165, 1.54) is 13.2 Å². The van der Waals surface area contributed by atoms with Crippen LogP contribution in [-0.4, -0.2) is 36.7 Å². The third-order valence-corrected chi connectivity index (χ3v) is 4.33. The highest BCUT2D eigenvalue weighted by molar-refractivity contribution is 5.79. The van der Waals surface area contributed by atoms with Crippen LogP contribution in [0.4, 0.5) is 0 Å². The number of carbonyl (C=O) groups is 2. The predicted molar refractivity (Wildman–Crippen MR) is 111 cm³/mol. The molecule has 6 nitrogen and oxygen atoms in total. The largest absolute Gasteiger partial charge is 0.504 e. The number of hydrogen-bond acceptors (Lipinski definition) is 5. The van der Waals surface area contributed by atoms with Gasteiger partial charge in [0, 0.05) is 0 Å². The Hall–Kier alpha value is -3.02. The molecule has 2 aromatic carbocycles. The van der Waals surface area contributed by atoms with Gasteiger partial charge in [-0.15, -0.1) is 0 Å². The zero-order valence-electron chi connectivity index (χ0n) is 17.4. The number of methoxy groups -OCH3 is 1. The van der Waals surface area contributed by atoms with Gasteiger partial charge in [0.05, 0.1) is 25.0 Å². The van der Waals surface area contributed by atoms with Crippen LogP contribution in [0.2, 0.25) is 0 Å². The molecule has 0 saturated heterocycles. The quantitative estimate of drug-likeness (QED) is 0.666. The Bertz CT molecular complexity index is 827. The molecular weight excluding hydrogens is 370 g/mol. The van der Waals surface area contributed by atoms with E-state index in [9.17, 15) is 14.7 Å². The van der Waals surface area contributed by atoms with Gasteiger partial charge in [-0.1, -0.05) is 36.4 Å². The average Bonchev–Trinajstić information content (AvgIpc) is 2.67. The van der Waals surface area contributed by atoms with Crippen LogP contribution in [0.25, 0.3) is 0 Å². The number of phenols is 1. The third-order valence-electron chi connectivity index (χ3n) is 4.33.